The largest absolute Gasteiger partial charge is 0.379 e. The lowest BCUT2D eigenvalue weighted by atomic mass is 10.0. The molecule has 0 aliphatic carbocycles. The van der Waals surface area contributed by atoms with Gasteiger partial charge in [0.25, 0.3) is 0 Å². The van der Waals surface area contributed by atoms with E-state index in [4.69, 9.17) is 16.3 Å². The SMILES string of the molecule is CCN(CC)C(CNC(=NC)N1CCC(N2CCOCC2)C1)c1ccccc1Cl.I. The van der Waals surface area contributed by atoms with Gasteiger partial charge in [-0.2, -0.15) is 0 Å². The highest BCUT2D eigenvalue weighted by Crippen LogP contribution is 2.27. The van der Waals surface area contributed by atoms with E-state index in [9.17, 15) is 0 Å². The lowest BCUT2D eigenvalue weighted by molar-refractivity contribution is 0.0194. The van der Waals surface area contributed by atoms with Crippen LogP contribution in [0.4, 0.5) is 0 Å². The molecule has 0 aromatic heterocycles. The molecule has 0 amide bonds. The van der Waals surface area contributed by atoms with E-state index < -0.39 is 0 Å². The quantitative estimate of drug-likeness (QED) is 0.321. The zero-order valence-electron chi connectivity index (χ0n) is 18.5. The first kappa shape index (κ1) is 25.6. The van der Waals surface area contributed by atoms with Gasteiger partial charge in [0.2, 0.25) is 0 Å². The van der Waals surface area contributed by atoms with Crippen molar-refractivity contribution in [3.05, 3.63) is 34.9 Å². The van der Waals surface area contributed by atoms with Crippen LogP contribution in [0.1, 0.15) is 31.9 Å². The number of nitrogens with one attached hydrogen (secondary N) is 1. The first-order valence-corrected chi connectivity index (χ1v) is 11.3. The molecule has 2 atom stereocenters. The minimum absolute atomic E-state index is 0. The minimum atomic E-state index is 0. The third-order valence-electron chi connectivity index (χ3n) is 6.21. The summed E-state index contributed by atoms with van der Waals surface area (Å²) in [5.41, 5.74) is 1.17. The van der Waals surface area contributed by atoms with Crippen LogP contribution < -0.4 is 5.32 Å². The van der Waals surface area contributed by atoms with Crippen molar-refractivity contribution in [2.24, 2.45) is 4.99 Å². The van der Waals surface area contributed by atoms with E-state index >= 15 is 0 Å². The molecule has 0 saturated carbocycles. The first-order chi connectivity index (χ1) is 14.2. The molecule has 1 aromatic carbocycles. The molecular weight excluding hydrogens is 513 g/mol. The van der Waals surface area contributed by atoms with Gasteiger partial charge in [-0.3, -0.25) is 14.8 Å². The topological polar surface area (TPSA) is 43.3 Å². The molecule has 2 aliphatic rings. The van der Waals surface area contributed by atoms with Gasteiger partial charge in [0, 0.05) is 50.8 Å². The summed E-state index contributed by atoms with van der Waals surface area (Å²) in [6.07, 6.45) is 1.19. The molecule has 2 saturated heterocycles. The summed E-state index contributed by atoms with van der Waals surface area (Å²) in [4.78, 5) is 12.0. The van der Waals surface area contributed by atoms with Crippen LogP contribution in [0, 0.1) is 0 Å². The highest BCUT2D eigenvalue weighted by Gasteiger charge is 2.30. The van der Waals surface area contributed by atoms with E-state index in [2.05, 4.69) is 51.0 Å². The van der Waals surface area contributed by atoms with Crippen LogP contribution >= 0.6 is 35.6 Å². The number of nitrogens with zero attached hydrogens (tertiary/aromatic N) is 4. The van der Waals surface area contributed by atoms with Gasteiger partial charge in [0.15, 0.2) is 5.96 Å². The molecule has 1 aromatic rings. The van der Waals surface area contributed by atoms with E-state index in [0.717, 1.165) is 70.0 Å². The van der Waals surface area contributed by atoms with E-state index in [-0.39, 0.29) is 30.0 Å². The Morgan fingerprint density at radius 3 is 2.57 bits per heavy atom. The number of guanidine groups is 1. The normalized spacial score (nSPS) is 21.6. The molecule has 8 heteroatoms. The highest BCUT2D eigenvalue weighted by molar-refractivity contribution is 14.0. The monoisotopic (exact) mass is 549 g/mol. The van der Waals surface area contributed by atoms with Crippen molar-refractivity contribution in [2.45, 2.75) is 32.4 Å². The zero-order valence-corrected chi connectivity index (χ0v) is 21.6. The molecule has 0 radical (unpaired) electrons. The Hall–Kier alpha value is -0.610. The van der Waals surface area contributed by atoms with Gasteiger partial charge < -0.3 is 15.0 Å². The summed E-state index contributed by atoms with van der Waals surface area (Å²) in [7, 11) is 1.88. The lowest BCUT2D eigenvalue weighted by Crippen LogP contribution is -2.48. The standard InChI is InChI=1S/C22H36ClN5O.HI/c1-4-26(5-2)21(19-8-6-7-9-20(19)23)16-25-22(24-3)28-11-10-18(17-28)27-12-14-29-15-13-27;/h6-9,18,21H,4-5,10-17H2,1-3H3,(H,24,25);1H. The molecule has 2 aliphatic heterocycles. The average Bonchev–Trinajstić information content (AvgIpc) is 3.25. The van der Waals surface area contributed by atoms with Crippen molar-refractivity contribution in [3.63, 3.8) is 0 Å². The number of rotatable bonds is 7. The molecule has 2 fully saturated rings. The van der Waals surface area contributed by atoms with Crippen LogP contribution in [0.2, 0.25) is 5.02 Å². The van der Waals surface area contributed by atoms with Crippen molar-refractivity contribution < 1.29 is 4.74 Å². The van der Waals surface area contributed by atoms with E-state index in [1.165, 1.54) is 12.0 Å². The highest BCUT2D eigenvalue weighted by atomic mass is 127. The fourth-order valence-corrected chi connectivity index (χ4v) is 4.80. The van der Waals surface area contributed by atoms with Crippen LogP contribution in [-0.2, 0) is 4.74 Å². The van der Waals surface area contributed by atoms with Gasteiger partial charge in [-0.1, -0.05) is 43.6 Å². The van der Waals surface area contributed by atoms with Crippen molar-refractivity contribution >= 4 is 41.5 Å². The number of likely N-dealkylation sites (tertiary alicyclic amines) is 1. The van der Waals surface area contributed by atoms with Gasteiger partial charge in [-0.25, -0.2) is 0 Å². The summed E-state index contributed by atoms with van der Waals surface area (Å²) in [6.45, 7) is 13.0. The number of ether oxygens (including phenoxy) is 1. The van der Waals surface area contributed by atoms with Crippen molar-refractivity contribution in [2.75, 3.05) is 66.1 Å². The summed E-state index contributed by atoms with van der Waals surface area (Å²) >= 11 is 6.55. The molecular formula is C22H37ClIN5O. The van der Waals surface area contributed by atoms with Crippen LogP contribution in [0.15, 0.2) is 29.3 Å². The number of hydrogen-bond donors (Lipinski definition) is 1. The average molecular weight is 550 g/mol. The van der Waals surface area contributed by atoms with Gasteiger partial charge in [0.1, 0.15) is 0 Å². The van der Waals surface area contributed by atoms with Crippen LogP contribution in [0.3, 0.4) is 0 Å². The van der Waals surface area contributed by atoms with Crippen LogP contribution in [-0.4, -0.2) is 92.8 Å². The Bertz CT molecular complexity index is 667. The fourth-order valence-electron chi connectivity index (χ4n) is 4.54. The molecule has 0 bridgehead atoms. The van der Waals surface area contributed by atoms with E-state index in [0.29, 0.717) is 6.04 Å². The maximum absolute atomic E-state index is 6.55. The number of likely N-dealkylation sites (N-methyl/N-ethyl adjacent to an activating group) is 1. The molecule has 3 rings (SSSR count). The molecule has 170 valence electrons. The second-order valence-electron chi connectivity index (χ2n) is 7.72. The Morgan fingerprint density at radius 1 is 1.23 bits per heavy atom. The van der Waals surface area contributed by atoms with Crippen LogP contribution in [0.5, 0.6) is 0 Å². The third kappa shape index (κ3) is 6.45. The summed E-state index contributed by atoms with van der Waals surface area (Å²) in [5.74, 6) is 0.991. The second-order valence-corrected chi connectivity index (χ2v) is 8.13. The molecule has 2 heterocycles. The van der Waals surface area contributed by atoms with Gasteiger partial charge >= 0.3 is 0 Å². The lowest BCUT2D eigenvalue weighted by Gasteiger charge is -2.33. The number of aliphatic imine (C=N–C) groups is 1. The number of benzene rings is 1. The van der Waals surface area contributed by atoms with Gasteiger partial charge in [-0.15, -0.1) is 24.0 Å². The molecule has 6 nitrogen and oxygen atoms in total. The second kappa shape index (κ2) is 13.1. The summed E-state index contributed by atoms with van der Waals surface area (Å²) < 4.78 is 5.51. The Labute approximate surface area is 204 Å². The Balaban J connectivity index is 0.00000320. The minimum Gasteiger partial charge on any atom is -0.379 e. The van der Waals surface area contributed by atoms with Crippen LogP contribution in [0.25, 0.3) is 0 Å². The number of morpholine rings is 1. The molecule has 1 N–H and O–H groups in total. The molecule has 0 spiro atoms. The van der Waals surface area contributed by atoms with Crippen molar-refractivity contribution in [3.8, 4) is 0 Å². The number of hydrogen-bond acceptors (Lipinski definition) is 4. The molecule has 2 unspecified atom stereocenters. The van der Waals surface area contributed by atoms with Gasteiger partial charge in [0.05, 0.1) is 19.3 Å². The van der Waals surface area contributed by atoms with Crippen molar-refractivity contribution in [1.82, 2.24) is 20.0 Å². The Morgan fingerprint density at radius 2 is 1.93 bits per heavy atom. The number of halogens is 2. The third-order valence-corrected chi connectivity index (χ3v) is 6.55. The van der Waals surface area contributed by atoms with E-state index in [1.807, 2.05) is 19.2 Å². The maximum atomic E-state index is 6.55. The van der Waals surface area contributed by atoms with E-state index in [1.54, 1.807) is 0 Å². The smallest absolute Gasteiger partial charge is 0.193 e. The fraction of sp³-hybridized carbons (Fsp3) is 0.682. The summed E-state index contributed by atoms with van der Waals surface area (Å²) in [5, 5.41) is 4.47. The maximum Gasteiger partial charge on any atom is 0.193 e. The summed E-state index contributed by atoms with van der Waals surface area (Å²) in [6, 6.07) is 9.00. The first-order valence-electron chi connectivity index (χ1n) is 10.9. The van der Waals surface area contributed by atoms with Crippen molar-refractivity contribution in [1.29, 1.82) is 0 Å². The van der Waals surface area contributed by atoms with Gasteiger partial charge in [-0.05, 0) is 31.1 Å². The zero-order chi connectivity index (χ0) is 20.6. The molecule has 30 heavy (non-hydrogen) atoms. The Kier molecular flexibility index (Phi) is 11.2. The predicted molar refractivity (Wildman–Crippen MR) is 136 cm³/mol. The predicted octanol–water partition coefficient (Wildman–Crippen LogP) is 3.32.